The molecule has 0 N–H and O–H groups in total. The van der Waals surface area contributed by atoms with Crippen LogP contribution in [0.4, 0.5) is 0 Å². The molecular weight excluding hydrogens is 472 g/mol. The maximum atomic E-state index is 7.09. The molecule has 162 valence electrons. The smallest absolute Gasteiger partial charge is 0.261 e. The van der Waals surface area contributed by atoms with Crippen LogP contribution in [0.1, 0.15) is 26.3 Å². The molecule has 0 aromatic heterocycles. The molecule has 0 aliphatic heterocycles. The van der Waals surface area contributed by atoms with E-state index >= 15 is 0 Å². The Morgan fingerprint density at radius 2 is 1.16 bits per heavy atom. The number of rotatable bonds is 6. The Bertz CT molecular complexity index is 1110. The number of hydrogen-bond donors (Lipinski definition) is 0. The Hall–Kier alpha value is -2.46. The molecule has 32 heavy (non-hydrogen) atoms. The molecule has 0 unspecified atom stereocenters. The highest BCUT2D eigenvalue weighted by Crippen LogP contribution is 2.38. The first-order valence-electron chi connectivity index (χ1n) is 11.0. The SMILES string of the molecule is CC(C)(C)[Si](OCc1ccc(-c2ccccc2)cc1Br)(c1ccccc1)c1ccccc1. The van der Waals surface area contributed by atoms with Crippen molar-refractivity contribution in [3.8, 4) is 11.1 Å². The summed E-state index contributed by atoms with van der Waals surface area (Å²) < 4.78 is 8.17. The zero-order chi connectivity index (χ0) is 22.6. The van der Waals surface area contributed by atoms with Crippen LogP contribution in [0, 0.1) is 0 Å². The second-order valence-electron chi connectivity index (χ2n) is 9.12. The molecule has 4 aromatic carbocycles. The normalized spacial score (nSPS) is 12.0. The Kier molecular flexibility index (Phi) is 6.80. The fourth-order valence-electron chi connectivity index (χ4n) is 4.42. The lowest BCUT2D eigenvalue weighted by molar-refractivity contribution is 0.285. The van der Waals surface area contributed by atoms with E-state index < -0.39 is 8.32 Å². The molecule has 0 aliphatic rings. The Morgan fingerprint density at radius 1 is 0.656 bits per heavy atom. The van der Waals surface area contributed by atoms with Gasteiger partial charge >= 0.3 is 0 Å². The van der Waals surface area contributed by atoms with Crippen LogP contribution in [0.25, 0.3) is 11.1 Å². The van der Waals surface area contributed by atoms with Crippen molar-refractivity contribution in [2.75, 3.05) is 0 Å². The number of benzene rings is 4. The van der Waals surface area contributed by atoms with Gasteiger partial charge in [0.05, 0.1) is 6.61 Å². The first-order valence-corrected chi connectivity index (χ1v) is 13.7. The first kappa shape index (κ1) is 22.7. The van der Waals surface area contributed by atoms with Crippen molar-refractivity contribution in [3.05, 3.63) is 119 Å². The summed E-state index contributed by atoms with van der Waals surface area (Å²) in [5, 5.41) is 2.57. The molecule has 0 radical (unpaired) electrons. The van der Waals surface area contributed by atoms with Crippen molar-refractivity contribution in [2.45, 2.75) is 32.4 Å². The van der Waals surface area contributed by atoms with Crippen molar-refractivity contribution in [1.82, 2.24) is 0 Å². The molecule has 0 aliphatic carbocycles. The summed E-state index contributed by atoms with van der Waals surface area (Å²) in [6.07, 6.45) is 0. The molecule has 3 heteroatoms. The van der Waals surface area contributed by atoms with E-state index in [1.54, 1.807) is 0 Å². The van der Waals surface area contributed by atoms with Gasteiger partial charge in [-0.05, 0) is 38.2 Å². The molecule has 0 saturated carbocycles. The van der Waals surface area contributed by atoms with Gasteiger partial charge in [0.2, 0.25) is 0 Å². The molecule has 0 saturated heterocycles. The Morgan fingerprint density at radius 3 is 1.62 bits per heavy atom. The van der Waals surface area contributed by atoms with Crippen molar-refractivity contribution in [1.29, 1.82) is 0 Å². The number of hydrogen-bond acceptors (Lipinski definition) is 1. The Labute approximate surface area is 201 Å². The van der Waals surface area contributed by atoms with E-state index in [1.165, 1.54) is 21.5 Å². The fraction of sp³-hybridized carbons (Fsp3) is 0.172. The van der Waals surface area contributed by atoms with E-state index in [4.69, 9.17) is 4.43 Å². The highest BCUT2D eigenvalue weighted by molar-refractivity contribution is 9.10. The highest BCUT2D eigenvalue weighted by Gasteiger charge is 2.50. The van der Waals surface area contributed by atoms with E-state index in [2.05, 4.69) is 140 Å². The van der Waals surface area contributed by atoms with Gasteiger partial charge < -0.3 is 4.43 Å². The van der Waals surface area contributed by atoms with Crippen molar-refractivity contribution >= 4 is 34.6 Å². The third-order valence-electron chi connectivity index (χ3n) is 6.02. The van der Waals surface area contributed by atoms with Crippen molar-refractivity contribution in [2.24, 2.45) is 0 Å². The predicted octanol–water partition coefficient (Wildman–Crippen LogP) is 7.19. The van der Waals surface area contributed by atoms with Crippen LogP contribution in [0.5, 0.6) is 0 Å². The van der Waals surface area contributed by atoms with Crippen LogP contribution in [0.2, 0.25) is 5.04 Å². The maximum absolute atomic E-state index is 7.09. The summed E-state index contributed by atoms with van der Waals surface area (Å²) >= 11 is 3.81. The van der Waals surface area contributed by atoms with Gasteiger partial charge in [-0.1, -0.05) is 140 Å². The second kappa shape index (κ2) is 9.58. The van der Waals surface area contributed by atoms with E-state index in [-0.39, 0.29) is 5.04 Å². The van der Waals surface area contributed by atoms with Crippen molar-refractivity contribution < 1.29 is 4.43 Å². The van der Waals surface area contributed by atoms with Gasteiger partial charge in [0.1, 0.15) is 0 Å². The quantitative estimate of drug-likeness (QED) is 0.254. The second-order valence-corrected chi connectivity index (χ2v) is 14.3. The topological polar surface area (TPSA) is 9.23 Å². The van der Waals surface area contributed by atoms with Gasteiger partial charge in [0.25, 0.3) is 8.32 Å². The summed E-state index contributed by atoms with van der Waals surface area (Å²) in [6, 6.07) is 38.6. The average Bonchev–Trinajstić information content (AvgIpc) is 2.81. The molecule has 0 atom stereocenters. The molecular formula is C29H29BrOSi. The molecule has 0 amide bonds. The molecule has 0 bridgehead atoms. The number of halogens is 1. The molecule has 0 fully saturated rings. The maximum Gasteiger partial charge on any atom is 0.261 e. The van der Waals surface area contributed by atoms with Crippen molar-refractivity contribution in [3.63, 3.8) is 0 Å². The minimum absolute atomic E-state index is 0.0356. The van der Waals surface area contributed by atoms with Crippen LogP contribution in [0.15, 0.2) is 114 Å². The van der Waals surface area contributed by atoms with Gasteiger partial charge in [-0.15, -0.1) is 0 Å². The first-order chi connectivity index (χ1) is 15.4. The average molecular weight is 502 g/mol. The highest BCUT2D eigenvalue weighted by atomic mass is 79.9. The van der Waals surface area contributed by atoms with Crippen LogP contribution >= 0.6 is 15.9 Å². The molecule has 4 rings (SSSR count). The minimum Gasteiger partial charge on any atom is -0.403 e. The minimum atomic E-state index is -2.55. The van der Waals surface area contributed by atoms with Crippen LogP contribution in [-0.4, -0.2) is 8.32 Å². The lowest BCUT2D eigenvalue weighted by atomic mass is 10.0. The summed E-state index contributed by atoms with van der Waals surface area (Å²) in [5.41, 5.74) is 3.58. The van der Waals surface area contributed by atoms with Crippen LogP contribution < -0.4 is 10.4 Å². The van der Waals surface area contributed by atoms with E-state index in [0.717, 1.165) is 10.0 Å². The largest absolute Gasteiger partial charge is 0.403 e. The van der Waals surface area contributed by atoms with Gasteiger partial charge in [0, 0.05) is 4.47 Å². The van der Waals surface area contributed by atoms with Gasteiger partial charge in [-0.3, -0.25) is 0 Å². The van der Waals surface area contributed by atoms with E-state index in [9.17, 15) is 0 Å². The monoisotopic (exact) mass is 500 g/mol. The summed E-state index contributed by atoms with van der Waals surface area (Å²) in [5.74, 6) is 0. The Balaban J connectivity index is 1.73. The summed E-state index contributed by atoms with van der Waals surface area (Å²) in [4.78, 5) is 0. The zero-order valence-electron chi connectivity index (χ0n) is 18.9. The van der Waals surface area contributed by atoms with E-state index in [0.29, 0.717) is 6.61 Å². The predicted molar refractivity (Wildman–Crippen MR) is 142 cm³/mol. The molecule has 0 heterocycles. The third-order valence-corrected chi connectivity index (χ3v) is 11.7. The lowest BCUT2D eigenvalue weighted by Gasteiger charge is -2.43. The van der Waals surface area contributed by atoms with Gasteiger partial charge in [-0.2, -0.15) is 0 Å². The summed E-state index contributed by atoms with van der Waals surface area (Å²) in [6.45, 7) is 7.50. The lowest BCUT2D eigenvalue weighted by Crippen LogP contribution is -2.66. The molecule has 0 spiro atoms. The van der Waals surface area contributed by atoms with E-state index in [1.807, 2.05) is 6.07 Å². The van der Waals surface area contributed by atoms with Crippen LogP contribution in [0.3, 0.4) is 0 Å². The van der Waals surface area contributed by atoms with Gasteiger partial charge in [0.15, 0.2) is 0 Å². The summed E-state index contributed by atoms with van der Waals surface area (Å²) in [7, 11) is -2.55. The van der Waals surface area contributed by atoms with Crippen LogP contribution in [-0.2, 0) is 11.0 Å². The standard InChI is InChI=1S/C29H29BrOSi/c1-29(2,3)32(26-15-9-5-10-16-26,27-17-11-6-12-18-27)31-22-25-20-19-24(21-28(25)30)23-13-7-4-8-14-23/h4-21H,22H2,1-3H3. The third kappa shape index (κ3) is 4.51. The molecule has 1 nitrogen and oxygen atoms in total. The fourth-order valence-corrected chi connectivity index (χ4v) is 9.44. The van der Waals surface area contributed by atoms with Gasteiger partial charge in [-0.25, -0.2) is 0 Å². The zero-order valence-corrected chi connectivity index (χ0v) is 21.5. The molecule has 4 aromatic rings.